The number of aromatic nitrogens is 1. The quantitative estimate of drug-likeness (QED) is 0.853. The number of fused-ring (bicyclic) bond motifs is 2. The number of amides is 1. The van der Waals surface area contributed by atoms with Gasteiger partial charge in [0.15, 0.2) is 0 Å². The molecular formula is C22H29N3O2. The normalized spacial score (nSPS) is 23.0. The number of rotatable bonds is 5. The summed E-state index contributed by atoms with van der Waals surface area (Å²) in [6.45, 7) is 2.85. The van der Waals surface area contributed by atoms with Crippen LogP contribution >= 0.6 is 0 Å². The van der Waals surface area contributed by atoms with E-state index >= 15 is 0 Å². The van der Waals surface area contributed by atoms with Crippen molar-refractivity contribution < 1.29 is 9.90 Å². The van der Waals surface area contributed by atoms with Crippen molar-refractivity contribution in [3.05, 3.63) is 41.6 Å². The van der Waals surface area contributed by atoms with Crippen molar-refractivity contribution in [1.29, 1.82) is 0 Å². The van der Waals surface area contributed by atoms with Gasteiger partial charge in [-0.3, -0.25) is 9.69 Å². The zero-order chi connectivity index (χ0) is 19.1. The van der Waals surface area contributed by atoms with Gasteiger partial charge in [0.2, 0.25) is 5.91 Å². The van der Waals surface area contributed by atoms with E-state index in [2.05, 4.69) is 59.4 Å². The van der Waals surface area contributed by atoms with Crippen LogP contribution in [-0.2, 0) is 18.3 Å². The van der Waals surface area contributed by atoms with Gasteiger partial charge in [-0.1, -0.05) is 25.1 Å². The van der Waals surface area contributed by atoms with Crippen LogP contribution in [0.2, 0.25) is 0 Å². The van der Waals surface area contributed by atoms with Crippen molar-refractivity contribution in [2.45, 2.75) is 38.3 Å². The molecule has 1 amide bonds. The Kier molecular flexibility index (Phi) is 4.82. The minimum atomic E-state index is -0.144. The van der Waals surface area contributed by atoms with E-state index in [1.807, 2.05) is 6.92 Å². The number of carbonyl (C=O) groups is 1. The standard InChI is InChI=1S/C22H29N3O2/c1-4-16(13-26)23-21(27)9-14-8-18-17-6-5-7-19-22(17)15(12-25(19)3)10-20(18)24(2)11-14/h5-8,12,14,16,20,26H,4,9-11,13H2,1-3H3,(H,23,27)/t14?,16?,20-/m1/s1. The lowest BCUT2D eigenvalue weighted by Crippen LogP contribution is -2.44. The predicted octanol–water partition coefficient (Wildman–Crippen LogP) is 2.33. The molecule has 1 aromatic heterocycles. The lowest BCUT2D eigenvalue weighted by atomic mass is 9.79. The van der Waals surface area contributed by atoms with Crippen LogP contribution in [0, 0.1) is 5.92 Å². The third-order valence-electron chi connectivity index (χ3n) is 6.17. The summed E-state index contributed by atoms with van der Waals surface area (Å²) in [4.78, 5) is 14.8. The molecule has 144 valence electrons. The summed E-state index contributed by atoms with van der Waals surface area (Å²) in [6, 6.07) is 6.77. The van der Waals surface area contributed by atoms with Crippen molar-refractivity contribution in [1.82, 2.24) is 14.8 Å². The maximum Gasteiger partial charge on any atom is 0.220 e. The smallest absolute Gasteiger partial charge is 0.220 e. The third-order valence-corrected chi connectivity index (χ3v) is 6.17. The number of benzene rings is 1. The van der Waals surface area contributed by atoms with E-state index in [9.17, 15) is 9.90 Å². The first-order valence-corrected chi connectivity index (χ1v) is 9.91. The summed E-state index contributed by atoms with van der Waals surface area (Å²) in [5.74, 6) is 0.219. The largest absolute Gasteiger partial charge is 0.394 e. The van der Waals surface area contributed by atoms with E-state index in [-0.39, 0.29) is 24.5 Å². The molecule has 0 saturated heterocycles. The summed E-state index contributed by atoms with van der Waals surface area (Å²) in [5, 5.41) is 13.6. The molecule has 0 saturated carbocycles. The molecule has 0 fully saturated rings. The molecule has 1 aromatic carbocycles. The summed E-state index contributed by atoms with van der Waals surface area (Å²) in [6.07, 6.45) is 6.83. The molecule has 2 N–H and O–H groups in total. The van der Waals surface area contributed by atoms with Crippen LogP contribution in [0.5, 0.6) is 0 Å². The fourth-order valence-corrected chi connectivity index (χ4v) is 4.76. The highest BCUT2D eigenvalue weighted by Crippen LogP contribution is 2.41. The molecular weight excluding hydrogens is 338 g/mol. The summed E-state index contributed by atoms with van der Waals surface area (Å²) >= 11 is 0. The Morgan fingerprint density at radius 1 is 1.37 bits per heavy atom. The summed E-state index contributed by atoms with van der Waals surface area (Å²) < 4.78 is 2.22. The molecule has 0 radical (unpaired) electrons. The highest BCUT2D eigenvalue weighted by molar-refractivity contribution is 5.98. The molecule has 0 bridgehead atoms. The number of nitrogens with one attached hydrogen (secondary N) is 1. The average Bonchev–Trinajstić information content (AvgIpc) is 2.98. The first kappa shape index (κ1) is 18.3. The molecule has 2 heterocycles. The number of aryl methyl sites for hydroxylation is 1. The minimum absolute atomic E-state index is 0.00520. The van der Waals surface area contributed by atoms with Gasteiger partial charge in [0.05, 0.1) is 12.6 Å². The van der Waals surface area contributed by atoms with Crippen LogP contribution in [0.4, 0.5) is 0 Å². The number of aliphatic hydroxyl groups excluding tert-OH is 1. The van der Waals surface area contributed by atoms with E-state index in [0.29, 0.717) is 12.5 Å². The second-order valence-electron chi connectivity index (χ2n) is 8.07. The molecule has 27 heavy (non-hydrogen) atoms. The van der Waals surface area contributed by atoms with Crippen molar-refractivity contribution in [3.63, 3.8) is 0 Å². The predicted molar refractivity (Wildman–Crippen MR) is 108 cm³/mol. The first-order chi connectivity index (χ1) is 13.0. The van der Waals surface area contributed by atoms with Crippen LogP contribution in [0.25, 0.3) is 16.5 Å². The molecule has 2 aliphatic rings. The van der Waals surface area contributed by atoms with Crippen molar-refractivity contribution in [2.24, 2.45) is 13.0 Å². The highest BCUT2D eigenvalue weighted by atomic mass is 16.3. The molecule has 3 atom stereocenters. The lowest BCUT2D eigenvalue weighted by Gasteiger charge is -2.39. The van der Waals surface area contributed by atoms with Crippen molar-refractivity contribution in [2.75, 3.05) is 20.2 Å². The van der Waals surface area contributed by atoms with Gasteiger partial charge >= 0.3 is 0 Å². The van der Waals surface area contributed by atoms with Crippen LogP contribution in [-0.4, -0.2) is 52.8 Å². The average molecular weight is 367 g/mol. The second kappa shape index (κ2) is 7.13. The number of hydrogen-bond acceptors (Lipinski definition) is 3. The van der Waals surface area contributed by atoms with Gasteiger partial charge in [0.1, 0.15) is 0 Å². The van der Waals surface area contributed by atoms with E-state index < -0.39 is 0 Å². The Labute approximate surface area is 160 Å². The number of likely N-dealkylation sites (N-methyl/N-ethyl adjacent to an activating group) is 1. The Hall–Kier alpha value is -2.11. The van der Waals surface area contributed by atoms with Gasteiger partial charge in [-0.05, 0) is 48.6 Å². The van der Waals surface area contributed by atoms with Crippen molar-refractivity contribution >= 4 is 22.4 Å². The number of aliphatic hydroxyl groups is 1. The van der Waals surface area contributed by atoms with Gasteiger partial charge in [-0.15, -0.1) is 0 Å². The van der Waals surface area contributed by atoms with E-state index in [4.69, 9.17) is 0 Å². The SMILES string of the molecule is CCC(CO)NC(=O)CC1C=C2c3cccc4c3c(cn4C)C[C@H]2N(C)C1. The van der Waals surface area contributed by atoms with Crippen LogP contribution < -0.4 is 5.32 Å². The van der Waals surface area contributed by atoms with E-state index in [1.165, 1.54) is 27.6 Å². The molecule has 0 spiro atoms. The Bertz CT molecular complexity index is 894. The van der Waals surface area contributed by atoms with Gasteiger partial charge in [-0.25, -0.2) is 0 Å². The van der Waals surface area contributed by atoms with Gasteiger partial charge < -0.3 is 15.0 Å². The van der Waals surface area contributed by atoms with Gasteiger partial charge in [0.25, 0.3) is 0 Å². The molecule has 4 rings (SSSR count). The number of hydrogen-bond donors (Lipinski definition) is 2. The monoisotopic (exact) mass is 367 g/mol. The van der Waals surface area contributed by atoms with Crippen LogP contribution in [0.1, 0.15) is 30.9 Å². The van der Waals surface area contributed by atoms with Crippen LogP contribution in [0.3, 0.4) is 0 Å². The van der Waals surface area contributed by atoms with E-state index in [1.54, 1.807) is 0 Å². The molecule has 1 aliphatic heterocycles. The summed E-state index contributed by atoms with van der Waals surface area (Å²) in [7, 11) is 4.28. The zero-order valence-corrected chi connectivity index (χ0v) is 16.4. The highest BCUT2D eigenvalue weighted by Gasteiger charge is 2.34. The van der Waals surface area contributed by atoms with Crippen molar-refractivity contribution in [3.8, 4) is 0 Å². The fourth-order valence-electron chi connectivity index (χ4n) is 4.76. The molecule has 5 heteroatoms. The zero-order valence-electron chi connectivity index (χ0n) is 16.4. The van der Waals surface area contributed by atoms with Gasteiger partial charge in [0, 0.05) is 43.2 Å². The molecule has 5 nitrogen and oxygen atoms in total. The maximum atomic E-state index is 12.4. The molecule has 2 aromatic rings. The number of carbonyl (C=O) groups excluding carboxylic acids is 1. The topological polar surface area (TPSA) is 57.5 Å². The second-order valence-corrected chi connectivity index (χ2v) is 8.07. The Morgan fingerprint density at radius 3 is 2.93 bits per heavy atom. The maximum absolute atomic E-state index is 12.4. The Balaban J connectivity index is 1.64. The molecule has 1 aliphatic carbocycles. The third kappa shape index (κ3) is 3.19. The lowest BCUT2D eigenvalue weighted by molar-refractivity contribution is -0.122. The van der Waals surface area contributed by atoms with Gasteiger partial charge in [-0.2, -0.15) is 0 Å². The molecule has 2 unspecified atom stereocenters. The number of nitrogens with zero attached hydrogens (tertiary/aromatic N) is 2. The minimum Gasteiger partial charge on any atom is -0.394 e. The Morgan fingerprint density at radius 2 is 2.19 bits per heavy atom. The first-order valence-electron chi connectivity index (χ1n) is 9.91. The summed E-state index contributed by atoms with van der Waals surface area (Å²) in [5.41, 5.74) is 5.37. The fraction of sp³-hybridized carbons (Fsp3) is 0.500. The van der Waals surface area contributed by atoms with E-state index in [0.717, 1.165) is 19.4 Å². The van der Waals surface area contributed by atoms with Crippen LogP contribution in [0.15, 0.2) is 30.5 Å².